The smallest absolute Gasteiger partial charge is 0.241 e. The lowest BCUT2D eigenvalue weighted by molar-refractivity contribution is 0.319. The van der Waals surface area contributed by atoms with E-state index in [0.717, 1.165) is 35.4 Å². The molecular weight excluding hydrogens is 364 g/mol. The van der Waals surface area contributed by atoms with Gasteiger partial charge in [0.1, 0.15) is 0 Å². The van der Waals surface area contributed by atoms with Gasteiger partial charge in [0.2, 0.25) is 10.0 Å². The molecule has 26 heavy (non-hydrogen) atoms. The van der Waals surface area contributed by atoms with E-state index in [1.54, 1.807) is 27.8 Å². The van der Waals surface area contributed by atoms with Gasteiger partial charge in [-0.15, -0.1) is 11.3 Å². The number of piperidine rings is 1. The fourth-order valence-corrected chi connectivity index (χ4v) is 6.06. The van der Waals surface area contributed by atoms with Gasteiger partial charge in [-0.25, -0.2) is 13.4 Å². The number of fused-ring (bicyclic) bond motifs is 1. The molecule has 1 aliphatic rings. The second-order valence-corrected chi connectivity index (χ2v) is 9.70. The summed E-state index contributed by atoms with van der Waals surface area (Å²) < 4.78 is 28.6. The second-order valence-electron chi connectivity index (χ2n) is 6.70. The molecule has 1 fully saturated rings. The third-order valence-corrected chi connectivity index (χ3v) is 8.19. The van der Waals surface area contributed by atoms with Gasteiger partial charge in [-0.2, -0.15) is 4.31 Å². The number of benzene rings is 2. The molecule has 0 amide bonds. The molecule has 0 bridgehead atoms. The summed E-state index contributed by atoms with van der Waals surface area (Å²) in [5, 5.41) is 1.13. The number of aryl methyl sites for hydroxylation is 1. The van der Waals surface area contributed by atoms with E-state index < -0.39 is 10.0 Å². The number of para-hydroxylation sites is 1. The molecule has 0 unspecified atom stereocenters. The molecule has 4 rings (SSSR count). The number of hydrogen-bond donors (Lipinski definition) is 0. The molecule has 0 N–H and O–H groups in total. The first-order valence-corrected chi connectivity index (χ1v) is 11.3. The number of rotatable bonds is 4. The summed E-state index contributed by atoms with van der Waals surface area (Å²) in [6.45, 7) is 3.17. The maximum Gasteiger partial charge on any atom is 0.243 e. The molecule has 0 aliphatic carbocycles. The predicted octanol–water partition coefficient (Wildman–Crippen LogP) is 4.43. The van der Waals surface area contributed by atoms with Crippen LogP contribution in [0.15, 0.2) is 53.4 Å². The van der Waals surface area contributed by atoms with Crippen LogP contribution < -0.4 is 0 Å². The Bertz CT molecular complexity index is 969. The van der Waals surface area contributed by atoms with Gasteiger partial charge in [-0.05, 0) is 49.1 Å². The third kappa shape index (κ3) is 3.29. The minimum atomic E-state index is -3.40. The van der Waals surface area contributed by atoms with E-state index in [1.807, 2.05) is 30.3 Å². The Labute approximate surface area is 158 Å². The van der Waals surface area contributed by atoms with Crippen molar-refractivity contribution in [3.8, 4) is 0 Å². The van der Waals surface area contributed by atoms with E-state index in [9.17, 15) is 8.42 Å². The summed E-state index contributed by atoms with van der Waals surface area (Å²) in [6, 6.07) is 15.4. The van der Waals surface area contributed by atoms with E-state index >= 15 is 0 Å². The second kappa shape index (κ2) is 7.10. The molecule has 0 saturated carbocycles. The van der Waals surface area contributed by atoms with Crippen LogP contribution in [0.25, 0.3) is 10.2 Å². The standard InChI is InChI=1S/C20H22N2O2S2/c1-2-15-7-9-17(10-8-15)26(23,24)22-13-11-16(12-14-22)20-21-18-5-3-4-6-19(18)25-20/h3-10,16H,2,11-14H2,1H3. The van der Waals surface area contributed by atoms with Crippen molar-refractivity contribution in [3.63, 3.8) is 0 Å². The molecule has 1 saturated heterocycles. The molecule has 0 spiro atoms. The molecule has 6 heteroatoms. The van der Waals surface area contributed by atoms with Gasteiger partial charge in [0.25, 0.3) is 0 Å². The van der Waals surface area contributed by atoms with Crippen LogP contribution in [0.1, 0.15) is 36.3 Å². The summed E-state index contributed by atoms with van der Waals surface area (Å²) in [5.74, 6) is 0.348. The van der Waals surface area contributed by atoms with Gasteiger partial charge < -0.3 is 0 Å². The van der Waals surface area contributed by atoms with Crippen molar-refractivity contribution >= 4 is 31.6 Å². The van der Waals surface area contributed by atoms with Crippen molar-refractivity contribution < 1.29 is 8.42 Å². The Kier molecular flexibility index (Phi) is 4.82. The van der Waals surface area contributed by atoms with Gasteiger partial charge in [0.05, 0.1) is 20.1 Å². The normalized spacial score (nSPS) is 17.0. The molecule has 2 aromatic carbocycles. The highest BCUT2D eigenvalue weighted by Gasteiger charge is 2.31. The van der Waals surface area contributed by atoms with E-state index in [1.165, 1.54) is 4.70 Å². The summed E-state index contributed by atoms with van der Waals surface area (Å²) in [5.41, 5.74) is 2.19. The lowest BCUT2D eigenvalue weighted by Gasteiger charge is -2.30. The van der Waals surface area contributed by atoms with Crippen LogP contribution in [0.3, 0.4) is 0 Å². The molecule has 3 aromatic rings. The number of nitrogens with zero attached hydrogens (tertiary/aromatic N) is 2. The van der Waals surface area contributed by atoms with Gasteiger partial charge in [-0.3, -0.25) is 0 Å². The zero-order chi connectivity index (χ0) is 18.1. The first-order valence-electron chi connectivity index (χ1n) is 9.02. The van der Waals surface area contributed by atoms with Crippen molar-refractivity contribution in [3.05, 3.63) is 59.1 Å². The lowest BCUT2D eigenvalue weighted by atomic mass is 9.99. The Morgan fingerprint density at radius 3 is 2.42 bits per heavy atom. The molecule has 2 heterocycles. The van der Waals surface area contributed by atoms with E-state index in [-0.39, 0.29) is 0 Å². The molecule has 4 nitrogen and oxygen atoms in total. The quantitative estimate of drug-likeness (QED) is 0.667. The van der Waals surface area contributed by atoms with Crippen molar-refractivity contribution in [1.82, 2.24) is 9.29 Å². The van der Waals surface area contributed by atoms with Crippen LogP contribution in [-0.2, 0) is 16.4 Å². The van der Waals surface area contributed by atoms with Crippen LogP contribution in [0.2, 0.25) is 0 Å². The van der Waals surface area contributed by atoms with E-state index in [0.29, 0.717) is 23.9 Å². The highest BCUT2D eigenvalue weighted by molar-refractivity contribution is 7.89. The number of aromatic nitrogens is 1. The highest BCUT2D eigenvalue weighted by atomic mass is 32.2. The van der Waals surface area contributed by atoms with Crippen molar-refractivity contribution in [2.45, 2.75) is 37.0 Å². The summed E-state index contributed by atoms with van der Waals surface area (Å²) in [6.07, 6.45) is 2.56. The third-order valence-electron chi connectivity index (χ3n) is 5.08. The van der Waals surface area contributed by atoms with Gasteiger partial charge >= 0.3 is 0 Å². The number of thiazole rings is 1. The molecular formula is C20H22N2O2S2. The first kappa shape index (κ1) is 17.6. The van der Waals surface area contributed by atoms with Crippen LogP contribution in [-0.4, -0.2) is 30.8 Å². The van der Waals surface area contributed by atoms with Crippen molar-refractivity contribution in [2.24, 2.45) is 0 Å². The summed E-state index contributed by atoms with van der Waals surface area (Å²) in [7, 11) is -3.40. The molecule has 0 atom stereocenters. The molecule has 136 valence electrons. The first-order chi connectivity index (χ1) is 12.6. The van der Waals surface area contributed by atoms with E-state index in [4.69, 9.17) is 4.98 Å². The topological polar surface area (TPSA) is 50.3 Å². The van der Waals surface area contributed by atoms with Crippen LogP contribution in [0.4, 0.5) is 0 Å². The Morgan fingerprint density at radius 2 is 1.77 bits per heavy atom. The fraction of sp³-hybridized carbons (Fsp3) is 0.350. The van der Waals surface area contributed by atoms with Gasteiger partial charge in [0, 0.05) is 19.0 Å². The van der Waals surface area contributed by atoms with Crippen LogP contribution in [0, 0.1) is 0 Å². The zero-order valence-electron chi connectivity index (χ0n) is 14.8. The van der Waals surface area contributed by atoms with Crippen LogP contribution >= 0.6 is 11.3 Å². The van der Waals surface area contributed by atoms with Crippen molar-refractivity contribution in [2.75, 3.05) is 13.1 Å². The lowest BCUT2D eigenvalue weighted by Crippen LogP contribution is -2.37. The SMILES string of the molecule is CCc1ccc(S(=O)(=O)N2CCC(c3nc4ccccc4s3)CC2)cc1. The highest BCUT2D eigenvalue weighted by Crippen LogP contribution is 2.35. The molecule has 0 radical (unpaired) electrons. The maximum absolute atomic E-state index is 12.9. The van der Waals surface area contributed by atoms with Gasteiger partial charge in [0.15, 0.2) is 0 Å². The predicted molar refractivity (Wildman–Crippen MR) is 106 cm³/mol. The zero-order valence-corrected chi connectivity index (χ0v) is 16.4. The summed E-state index contributed by atoms with van der Waals surface area (Å²) in [4.78, 5) is 5.15. The Balaban J connectivity index is 1.48. The number of hydrogen-bond acceptors (Lipinski definition) is 4. The minimum Gasteiger partial charge on any atom is -0.241 e. The summed E-state index contributed by atoms with van der Waals surface area (Å²) >= 11 is 1.73. The monoisotopic (exact) mass is 386 g/mol. The molecule has 1 aromatic heterocycles. The fourth-order valence-electron chi connectivity index (χ4n) is 3.45. The van der Waals surface area contributed by atoms with Gasteiger partial charge in [-0.1, -0.05) is 31.2 Å². The Morgan fingerprint density at radius 1 is 1.08 bits per heavy atom. The largest absolute Gasteiger partial charge is 0.243 e. The van der Waals surface area contributed by atoms with Crippen molar-refractivity contribution in [1.29, 1.82) is 0 Å². The number of sulfonamides is 1. The maximum atomic E-state index is 12.9. The average molecular weight is 387 g/mol. The minimum absolute atomic E-state index is 0.348. The van der Waals surface area contributed by atoms with E-state index in [2.05, 4.69) is 13.0 Å². The Hall–Kier alpha value is -1.76. The average Bonchev–Trinajstić information content (AvgIpc) is 3.12. The van der Waals surface area contributed by atoms with Crippen LogP contribution in [0.5, 0.6) is 0 Å². The molecule has 1 aliphatic heterocycles.